The maximum Gasteiger partial charge on any atom is 0.227 e. The molecule has 1 N–H and O–H groups in total. The summed E-state index contributed by atoms with van der Waals surface area (Å²) in [4.78, 5) is 29.6. The summed E-state index contributed by atoms with van der Waals surface area (Å²) < 4.78 is 17.8. The molecule has 0 saturated carbocycles. The van der Waals surface area contributed by atoms with E-state index in [0.717, 1.165) is 11.0 Å². The lowest BCUT2D eigenvalue weighted by atomic mass is 10.1. The second kappa shape index (κ2) is 10.6. The van der Waals surface area contributed by atoms with Crippen molar-refractivity contribution in [3.05, 3.63) is 48.0 Å². The minimum absolute atomic E-state index is 0.0435. The number of fused-ring (bicyclic) bond motifs is 1. The molecule has 8 heteroatoms. The highest BCUT2D eigenvalue weighted by Crippen LogP contribution is 2.28. The largest absolute Gasteiger partial charge is 0.493 e. The van der Waals surface area contributed by atoms with Crippen molar-refractivity contribution in [1.29, 1.82) is 0 Å². The van der Waals surface area contributed by atoms with Gasteiger partial charge in [-0.15, -0.1) is 0 Å². The van der Waals surface area contributed by atoms with Gasteiger partial charge in [0.05, 0.1) is 31.4 Å². The molecule has 8 nitrogen and oxygen atoms in total. The van der Waals surface area contributed by atoms with Crippen LogP contribution in [0.1, 0.15) is 30.1 Å². The van der Waals surface area contributed by atoms with E-state index in [1.807, 2.05) is 35.8 Å². The van der Waals surface area contributed by atoms with Crippen LogP contribution in [0.3, 0.4) is 0 Å². The molecule has 0 radical (unpaired) electrons. The Morgan fingerprint density at radius 2 is 1.87 bits per heavy atom. The Labute approximate surface area is 181 Å². The molecule has 1 amide bonds. The quantitative estimate of drug-likeness (QED) is 0.471. The van der Waals surface area contributed by atoms with Gasteiger partial charge in [-0.2, -0.15) is 0 Å². The first kappa shape index (κ1) is 22.3. The molecular weight excluding hydrogens is 398 g/mol. The lowest BCUT2D eigenvalue weighted by molar-refractivity contribution is -0.116. The highest BCUT2D eigenvalue weighted by molar-refractivity contribution is 6.00. The van der Waals surface area contributed by atoms with Crippen LogP contribution >= 0.6 is 0 Å². The minimum Gasteiger partial charge on any atom is -0.493 e. The van der Waals surface area contributed by atoms with Gasteiger partial charge in [0, 0.05) is 32.1 Å². The van der Waals surface area contributed by atoms with Gasteiger partial charge in [-0.05, 0) is 37.3 Å². The van der Waals surface area contributed by atoms with Gasteiger partial charge in [0.1, 0.15) is 0 Å². The van der Waals surface area contributed by atoms with Crippen molar-refractivity contribution in [2.45, 2.75) is 26.3 Å². The molecular formula is C23H27N3O5. The van der Waals surface area contributed by atoms with Crippen LogP contribution in [-0.4, -0.2) is 48.7 Å². The topological polar surface area (TPSA) is 91.7 Å². The minimum atomic E-state index is -0.278. The third-order valence-electron chi connectivity index (χ3n) is 4.79. The van der Waals surface area contributed by atoms with E-state index in [1.54, 1.807) is 25.3 Å². The number of methoxy groups -OCH3 is 2. The average Bonchev–Trinajstić information content (AvgIpc) is 3.13. The van der Waals surface area contributed by atoms with E-state index < -0.39 is 0 Å². The first-order valence-corrected chi connectivity index (χ1v) is 10.2. The van der Waals surface area contributed by atoms with Gasteiger partial charge in [0.2, 0.25) is 11.9 Å². The van der Waals surface area contributed by atoms with Crippen LogP contribution < -0.4 is 14.8 Å². The van der Waals surface area contributed by atoms with Crippen LogP contribution in [0.2, 0.25) is 0 Å². The number of hydrogen-bond acceptors (Lipinski definition) is 6. The number of rotatable bonds is 11. The van der Waals surface area contributed by atoms with E-state index in [0.29, 0.717) is 42.8 Å². The summed E-state index contributed by atoms with van der Waals surface area (Å²) in [6, 6.07) is 12.7. The van der Waals surface area contributed by atoms with Gasteiger partial charge >= 0.3 is 0 Å². The molecule has 0 aliphatic rings. The normalized spacial score (nSPS) is 10.8. The van der Waals surface area contributed by atoms with E-state index in [4.69, 9.17) is 14.2 Å². The summed E-state index contributed by atoms with van der Waals surface area (Å²) in [6.07, 6.45) is 0.114. The van der Waals surface area contributed by atoms with E-state index in [-0.39, 0.29) is 24.5 Å². The first-order chi connectivity index (χ1) is 15.1. The molecule has 3 rings (SSSR count). The summed E-state index contributed by atoms with van der Waals surface area (Å²) in [5.74, 6) is 1.08. The lowest BCUT2D eigenvalue weighted by Gasteiger charge is -2.11. The fourth-order valence-electron chi connectivity index (χ4n) is 3.25. The number of carbonyl (C=O) groups is 2. The number of benzene rings is 2. The summed E-state index contributed by atoms with van der Waals surface area (Å²) in [5, 5.41) is 2.82. The molecule has 0 aliphatic heterocycles. The number of hydrogen-bond donors (Lipinski definition) is 1. The number of aromatic nitrogens is 2. The van der Waals surface area contributed by atoms with E-state index in [1.165, 1.54) is 7.11 Å². The smallest absolute Gasteiger partial charge is 0.227 e. The number of para-hydroxylation sites is 2. The van der Waals surface area contributed by atoms with E-state index >= 15 is 0 Å². The molecule has 0 bridgehead atoms. The number of carbonyl (C=O) groups excluding carboxylic acids is 2. The lowest BCUT2D eigenvalue weighted by Crippen LogP contribution is -2.18. The standard InChI is InChI=1S/C23H27N3O5/c1-4-31-20-11-9-16(15-21(20)30-3)19(27)10-12-22(28)25-23-24-17-7-5-6-8-18(17)26(23)13-14-29-2/h5-9,11,15H,4,10,12-14H2,1-3H3,(H,24,25,28). The highest BCUT2D eigenvalue weighted by Gasteiger charge is 2.16. The van der Waals surface area contributed by atoms with Crippen molar-refractivity contribution in [2.75, 3.05) is 32.8 Å². The third kappa shape index (κ3) is 5.40. The number of imidazole rings is 1. The van der Waals surface area contributed by atoms with Crippen LogP contribution in [0.4, 0.5) is 5.95 Å². The zero-order valence-electron chi connectivity index (χ0n) is 18.0. The molecule has 1 heterocycles. The van der Waals surface area contributed by atoms with E-state index in [9.17, 15) is 9.59 Å². The number of ketones is 1. The Bertz CT molecular complexity index is 1060. The fourth-order valence-corrected chi connectivity index (χ4v) is 3.25. The van der Waals surface area contributed by atoms with Gasteiger partial charge in [-0.3, -0.25) is 14.9 Å². The Kier molecular flexibility index (Phi) is 7.61. The van der Waals surface area contributed by atoms with Gasteiger partial charge in [0.15, 0.2) is 17.3 Å². The molecule has 0 fully saturated rings. The van der Waals surface area contributed by atoms with Gasteiger partial charge in [0.25, 0.3) is 0 Å². The number of nitrogens with one attached hydrogen (secondary N) is 1. The van der Waals surface area contributed by atoms with Crippen LogP contribution in [0.5, 0.6) is 11.5 Å². The SMILES string of the molecule is CCOc1ccc(C(=O)CCC(=O)Nc2nc3ccccc3n2CCOC)cc1OC. The average molecular weight is 425 g/mol. The molecule has 0 atom stereocenters. The number of Topliss-reactive ketones (excluding diaryl/α,β-unsaturated/α-hetero) is 1. The summed E-state index contributed by atoms with van der Waals surface area (Å²) >= 11 is 0. The van der Waals surface area contributed by atoms with E-state index in [2.05, 4.69) is 10.3 Å². The van der Waals surface area contributed by atoms with Crippen molar-refractivity contribution in [2.24, 2.45) is 0 Å². The molecule has 2 aromatic carbocycles. The van der Waals surface area contributed by atoms with Crippen molar-refractivity contribution < 1.29 is 23.8 Å². The predicted molar refractivity (Wildman–Crippen MR) is 118 cm³/mol. The molecule has 0 unspecified atom stereocenters. The van der Waals surface area contributed by atoms with Gasteiger partial charge in [-0.1, -0.05) is 12.1 Å². The number of nitrogens with zero attached hydrogens (tertiary/aromatic N) is 2. The van der Waals surface area contributed by atoms with Crippen LogP contribution in [0.25, 0.3) is 11.0 Å². The highest BCUT2D eigenvalue weighted by atomic mass is 16.5. The number of anilines is 1. The van der Waals surface area contributed by atoms with Crippen molar-refractivity contribution in [1.82, 2.24) is 9.55 Å². The Balaban J connectivity index is 1.66. The summed E-state index contributed by atoms with van der Waals surface area (Å²) in [6.45, 7) is 3.42. The van der Waals surface area contributed by atoms with Crippen molar-refractivity contribution in [3.63, 3.8) is 0 Å². The Morgan fingerprint density at radius 3 is 2.61 bits per heavy atom. The maximum absolute atomic E-state index is 12.6. The van der Waals surface area contributed by atoms with Gasteiger partial charge < -0.3 is 18.8 Å². The van der Waals surface area contributed by atoms with Crippen molar-refractivity contribution in [3.8, 4) is 11.5 Å². The molecule has 0 aliphatic carbocycles. The molecule has 1 aromatic heterocycles. The Morgan fingerprint density at radius 1 is 1.06 bits per heavy atom. The second-order valence-corrected chi connectivity index (χ2v) is 6.84. The zero-order valence-corrected chi connectivity index (χ0v) is 18.0. The zero-order chi connectivity index (χ0) is 22.2. The summed E-state index contributed by atoms with van der Waals surface area (Å²) in [5.41, 5.74) is 2.17. The van der Waals surface area contributed by atoms with Crippen molar-refractivity contribution >= 4 is 28.7 Å². The molecule has 3 aromatic rings. The first-order valence-electron chi connectivity index (χ1n) is 10.2. The third-order valence-corrected chi connectivity index (χ3v) is 4.79. The fraction of sp³-hybridized carbons (Fsp3) is 0.348. The molecule has 31 heavy (non-hydrogen) atoms. The van der Waals surface area contributed by atoms with Crippen LogP contribution in [0.15, 0.2) is 42.5 Å². The van der Waals surface area contributed by atoms with Crippen LogP contribution in [-0.2, 0) is 16.1 Å². The number of amides is 1. The Hall–Kier alpha value is -3.39. The second-order valence-electron chi connectivity index (χ2n) is 6.84. The maximum atomic E-state index is 12.6. The monoisotopic (exact) mass is 425 g/mol. The molecule has 164 valence electrons. The predicted octanol–water partition coefficient (Wildman–Crippen LogP) is 3.69. The number of ether oxygens (including phenoxy) is 3. The van der Waals surface area contributed by atoms with Crippen LogP contribution in [0, 0.1) is 0 Å². The molecule has 0 saturated heterocycles. The molecule has 0 spiro atoms. The van der Waals surface area contributed by atoms with Gasteiger partial charge in [-0.25, -0.2) is 4.98 Å². The summed E-state index contributed by atoms with van der Waals surface area (Å²) in [7, 11) is 3.15.